The summed E-state index contributed by atoms with van der Waals surface area (Å²) in [5.74, 6) is 2.26. The molecule has 0 aliphatic carbocycles. The average Bonchev–Trinajstić information content (AvgIpc) is 3.27. The normalized spacial score (nSPS) is 10.7. The smallest absolute Gasteiger partial charge is 0.234 e. The number of para-hydroxylation sites is 1. The highest BCUT2D eigenvalue weighted by molar-refractivity contribution is 7.99. The van der Waals surface area contributed by atoms with Crippen LogP contribution < -0.4 is 14.8 Å². The Labute approximate surface area is 209 Å². The third-order valence-electron chi connectivity index (χ3n) is 5.21. The van der Waals surface area contributed by atoms with Gasteiger partial charge in [0.25, 0.3) is 0 Å². The Kier molecular flexibility index (Phi) is 8.05. The summed E-state index contributed by atoms with van der Waals surface area (Å²) in [6, 6.07) is 23.2. The molecule has 3 aromatic carbocycles. The molecule has 0 spiro atoms. The van der Waals surface area contributed by atoms with Gasteiger partial charge in [-0.15, -0.1) is 10.2 Å². The second-order valence-corrected chi connectivity index (χ2v) is 8.86. The minimum absolute atomic E-state index is 0.106. The standard InChI is InChI=1S/C27H28N4O3S/c1-4-33-23-13-11-21(12-14-23)31-25(17-34-22-8-6-5-7-9-22)29-30-27(31)35-18-26(32)28-24-15-10-19(2)16-20(24)3/h5-16H,4,17-18H2,1-3H3,(H,28,32). The molecule has 0 bridgehead atoms. The van der Waals surface area contributed by atoms with Gasteiger partial charge in [0.2, 0.25) is 5.91 Å². The number of thioether (sulfide) groups is 1. The maximum Gasteiger partial charge on any atom is 0.234 e. The van der Waals surface area contributed by atoms with Crippen LogP contribution in [0.25, 0.3) is 5.69 Å². The van der Waals surface area contributed by atoms with Crippen LogP contribution in [0.1, 0.15) is 23.9 Å². The number of ether oxygens (including phenoxy) is 2. The lowest BCUT2D eigenvalue weighted by atomic mass is 10.1. The molecule has 1 N–H and O–H groups in total. The fraction of sp³-hybridized carbons (Fsp3) is 0.222. The van der Waals surface area contributed by atoms with Crippen molar-refractivity contribution >= 4 is 23.4 Å². The van der Waals surface area contributed by atoms with Gasteiger partial charge in [-0.25, -0.2) is 0 Å². The molecule has 7 nitrogen and oxygen atoms in total. The molecule has 0 fully saturated rings. The van der Waals surface area contributed by atoms with Gasteiger partial charge in [-0.3, -0.25) is 9.36 Å². The van der Waals surface area contributed by atoms with E-state index in [9.17, 15) is 4.79 Å². The van der Waals surface area contributed by atoms with Gasteiger partial charge < -0.3 is 14.8 Å². The Bertz CT molecular complexity index is 1270. The van der Waals surface area contributed by atoms with Crippen LogP contribution in [0.15, 0.2) is 78.0 Å². The van der Waals surface area contributed by atoms with E-state index in [1.54, 1.807) is 0 Å². The van der Waals surface area contributed by atoms with Crippen molar-refractivity contribution < 1.29 is 14.3 Å². The summed E-state index contributed by atoms with van der Waals surface area (Å²) in [6.07, 6.45) is 0. The highest BCUT2D eigenvalue weighted by atomic mass is 32.2. The number of nitrogens with zero attached hydrogens (tertiary/aromatic N) is 3. The molecule has 1 amide bonds. The van der Waals surface area contributed by atoms with Crippen LogP contribution in [0, 0.1) is 13.8 Å². The van der Waals surface area contributed by atoms with Crippen LogP contribution in [0.2, 0.25) is 0 Å². The first-order valence-electron chi connectivity index (χ1n) is 11.4. The van der Waals surface area contributed by atoms with E-state index in [1.165, 1.54) is 11.8 Å². The molecule has 4 aromatic rings. The molecule has 1 heterocycles. The van der Waals surface area contributed by atoms with Gasteiger partial charge in [0, 0.05) is 11.4 Å². The van der Waals surface area contributed by atoms with Crippen molar-refractivity contribution in [1.82, 2.24) is 14.8 Å². The number of anilines is 1. The molecule has 0 radical (unpaired) electrons. The van der Waals surface area contributed by atoms with Crippen LogP contribution in [0.5, 0.6) is 11.5 Å². The van der Waals surface area contributed by atoms with E-state index in [0.29, 0.717) is 17.6 Å². The first-order chi connectivity index (χ1) is 17.0. The number of hydrogen-bond donors (Lipinski definition) is 1. The quantitative estimate of drug-likeness (QED) is 0.293. The molecule has 180 valence electrons. The summed E-state index contributed by atoms with van der Waals surface area (Å²) in [7, 11) is 0. The second kappa shape index (κ2) is 11.6. The maximum atomic E-state index is 12.7. The number of rotatable bonds is 10. The lowest BCUT2D eigenvalue weighted by molar-refractivity contribution is -0.113. The van der Waals surface area contributed by atoms with Crippen molar-refractivity contribution in [3.63, 3.8) is 0 Å². The molecule has 8 heteroatoms. The fourth-order valence-electron chi connectivity index (χ4n) is 3.54. The number of carbonyl (C=O) groups excluding carboxylic acids is 1. The van der Waals surface area contributed by atoms with Crippen molar-refractivity contribution in [3.05, 3.63) is 89.7 Å². The van der Waals surface area contributed by atoms with E-state index in [2.05, 4.69) is 15.5 Å². The van der Waals surface area contributed by atoms with Crippen LogP contribution in [0.3, 0.4) is 0 Å². The van der Waals surface area contributed by atoms with E-state index in [-0.39, 0.29) is 18.3 Å². The van der Waals surface area contributed by atoms with E-state index in [4.69, 9.17) is 9.47 Å². The Morgan fingerprint density at radius 2 is 1.69 bits per heavy atom. The number of nitrogens with one attached hydrogen (secondary N) is 1. The third kappa shape index (κ3) is 6.42. The highest BCUT2D eigenvalue weighted by Crippen LogP contribution is 2.25. The number of aryl methyl sites for hydroxylation is 2. The molecule has 0 saturated heterocycles. The Hall–Kier alpha value is -3.78. The van der Waals surface area contributed by atoms with Crippen LogP contribution in [-0.4, -0.2) is 33.0 Å². The van der Waals surface area contributed by atoms with Gasteiger partial charge >= 0.3 is 0 Å². The molecule has 0 atom stereocenters. The van der Waals surface area contributed by atoms with Gasteiger partial charge in [-0.2, -0.15) is 0 Å². The van der Waals surface area contributed by atoms with Crippen LogP contribution >= 0.6 is 11.8 Å². The monoisotopic (exact) mass is 488 g/mol. The molecular formula is C27H28N4O3S. The van der Waals surface area contributed by atoms with Crippen LogP contribution in [-0.2, 0) is 11.4 Å². The van der Waals surface area contributed by atoms with Gasteiger partial charge in [0.15, 0.2) is 11.0 Å². The molecule has 0 unspecified atom stereocenters. The predicted octanol–water partition coefficient (Wildman–Crippen LogP) is 5.59. The number of benzene rings is 3. The minimum Gasteiger partial charge on any atom is -0.494 e. The number of hydrogen-bond acceptors (Lipinski definition) is 6. The number of amides is 1. The number of carbonyl (C=O) groups is 1. The maximum absolute atomic E-state index is 12.7. The van der Waals surface area contributed by atoms with Crippen molar-refractivity contribution in [2.24, 2.45) is 0 Å². The van der Waals surface area contributed by atoms with Gasteiger partial charge in [0.1, 0.15) is 18.1 Å². The summed E-state index contributed by atoms with van der Waals surface area (Å²) in [5, 5.41) is 12.3. The summed E-state index contributed by atoms with van der Waals surface area (Å²) < 4.78 is 13.4. The van der Waals surface area contributed by atoms with E-state index in [0.717, 1.165) is 34.0 Å². The van der Waals surface area contributed by atoms with E-state index in [1.807, 2.05) is 98.1 Å². The number of aromatic nitrogens is 3. The average molecular weight is 489 g/mol. The van der Waals surface area contributed by atoms with Crippen molar-refractivity contribution in [1.29, 1.82) is 0 Å². The Balaban J connectivity index is 1.52. The summed E-state index contributed by atoms with van der Waals surface area (Å²) >= 11 is 1.33. The molecule has 0 aliphatic heterocycles. The van der Waals surface area contributed by atoms with E-state index < -0.39 is 0 Å². The lowest BCUT2D eigenvalue weighted by Crippen LogP contribution is -2.15. The Morgan fingerprint density at radius 1 is 0.943 bits per heavy atom. The first-order valence-corrected chi connectivity index (χ1v) is 12.4. The molecule has 35 heavy (non-hydrogen) atoms. The zero-order valence-electron chi connectivity index (χ0n) is 20.0. The summed E-state index contributed by atoms with van der Waals surface area (Å²) in [4.78, 5) is 12.7. The lowest BCUT2D eigenvalue weighted by Gasteiger charge is -2.12. The SMILES string of the molecule is CCOc1ccc(-n2c(COc3ccccc3)nnc2SCC(=O)Nc2ccc(C)cc2C)cc1. The second-order valence-electron chi connectivity index (χ2n) is 7.92. The molecular weight excluding hydrogens is 460 g/mol. The summed E-state index contributed by atoms with van der Waals surface area (Å²) in [6.45, 7) is 6.79. The predicted molar refractivity (Wildman–Crippen MR) is 139 cm³/mol. The topological polar surface area (TPSA) is 78.3 Å². The molecule has 0 aliphatic rings. The van der Waals surface area contributed by atoms with Gasteiger partial charge in [-0.05, 0) is 68.8 Å². The van der Waals surface area contributed by atoms with Gasteiger partial charge in [0.05, 0.1) is 12.4 Å². The van der Waals surface area contributed by atoms with E-state index >= 15 is 0 Å². The van der Waals surface area contributed by atoms with Crippen LogP contribution in [0.4, 0.5) is 5.69 Å². The summed E-state index contributed by atoms with van der Waals surface area (Å²) in [5.41, 5.74) is 3.86. The highest BCUT2D eigenvalue weighted by Gasteiger charge is 2.17. The van der Waals surface area contributed by atoms with Crippen molar-refractivity contribution in [2.45, 2.75) is 32.5 Å². The molecule has 4 rings (SSSR count). The minimum atomic E-state index is -0.106. The molecule has 0 saturated carbocycles. The zero-order chi connectivity index (χ0) is 24.6. The fourth-order valence-corrected chi connectivity index (χ4v) is 4.31. The van der Waals surface area contributed by atoms with Gasteiger partial charge in [-0.1, -0.05) is 47.7 Å². The largest absolute Gasteiger partial charge is 0.494 e. The zero-order valence-corrected chi connectivity index (χ0v) is 20.8. The van der Waals surface area contributed by atoms with Crippen molar-refractivity contribution in [2.75, 3.05) is 17.7 Å². The van der Waals surface area contributed by atoms with Crippen molar-refractivity contribution in [3.8, 4) is 17.2 Å². The third-order valence-corrected chi connectivity index (χ3v) is 6.13. The molecule has 1 aromatic heterocycles. The Morgan fingerprint density at radius 3 is 2.40 bits per heavy atom. The first kappa shape index (κ1) is 24.3.